The summed E-state index contributed by atoms with van der Waals surface area (Å²) in [5.74, 6) is -0.198. The van der Waals surface area contributed by atoms with Crippen molar-refractivity contribution in [2.75, 3.05) is 26.2 Å². The number of hydrogen-bond acceptors (Lipinski definition) is 4. The van der Waals surface area contributed by atoms with Crippen LogP contribution < -0.4 is 5.32 Å². The lowest BCUT2D eigenvalue weighted by Gasteiger charge is -2.40. The number of aromatic nitrogens is 3. The number of nitrogens with zero attached hydrogens (tertiary/aromatic N) is 5. The first kappa shape index (κ1) is 18.9. The molecule has 0 saturated carbocycles. The van der Waals surface area contributed by atoms with E-state index in [4.69, 9.17) is 0 Å². The second-order valence-corrected chi connectivity index (χ2v) is 7.57. The standard InChI is InChI=1S/C20H27FN6O/c1-2-22-20(28)25-10-7-18(8-11-25)27-14-17(23-24-27)13-26-12-9-19(26)15-3-5-16(21)6-4-15/h3-6,14,18-19H,2,7-13H2,1H3,(H,22,28). The molecule has 4 rings (SSSR count). The zero-order valence-corrected chi connectivity index (χ0v) is 16.2. The molecule has 3 heterocycles. The van der Waals surface area contributed by atoms with Gasteiger partial charge in [-0.1, -0.05) is 17.3 Å². The zero-order valence-electron chi connectivity index (χ0n) is 16.2. The number of benzene rings is 1. The minimum atomic E-state index is -0.198. The molecule has 1 aromatic heterocycles. The Kier molecular flexibility index (Phi) is 5.57. The van der Waals surface area contributed by atoms with E-state index in [1.165, 1.54) is 12.1 Å². The lowest BCUT2D eigenvalue weighted by molar-refractivity contribution is 0.0803. The SMILES string of the molecule is CCNC(=O)N1CCC(n2cc(CN3CCC3c3ccc(F)cc3)nn2)CC1. The number of carbonyl (C=O) groups excluding carboxylic acids is 1. The third kappa shape index (κ3) is 4.01. The molecule has 1 atom stereocenters. The van der Waals surface area contributed by atoms with Gasteiger partial charge in [-0.2, -0.15) is 0 Å². The summed E-state index contributed by atoms with van der Waals surface area (Å²) in [5, 5.41) is 11.6. The number of likely N-dealkylation sites (tertiary alicyclic amines) is 2. The first-order chi connectivity index (χ1) is 13.6. The number of nitrogens with one attached hydrogen (secondary N) is 1. The quantitative estimate of drug-likeness (QED) is 0.858. The second-order valence-electron chi connectivity index (χ2n) is 7.57. The van der Waals surface area contributed by atoms with Gasteiger partial charge in [0.1, 0.15) is 5.82 Å². The molecule has 2 amide bonds. The second kappa shape index (κ2) is 8.26. The molecule has 2 fully saturated rings. The van der Waals surface area contributed by atoms with Crippen LogP contribution in [0.2, 0.25) is 0 Å². The molecule has 0 spiro atoms. The fourth-order valence-corrected chi connectivity index (χ4v) is 4.06. The average Bonchev–Trinajstić information content (AvgIpc) is 3.16. The minimum Gasteiger partial charge on any atom is -0.338 e. The van der Waals surface area contributed by atoms with Crippen LogP contribution in [0.3, 0.4) is 0 Å². The van der Waals surface area contributed by atoms with Gasteiger partial charge in [-0.3, -0.25) is 4.90 Å². The van der Waals surface area contributed by atoms with E-state index < -0.39 is 0 Å². The summed E-state index contributed by atoms with van der Waals surface area (Å²) in [4.78, 5) is 16.1. The van der Waals surface area contributed by atoms with Gasteiger partial charge in [0.2, 0.25) is 0 Å². The van der Waals surface area contributed by atoms with Crippen LogP contribution in [0, 0.1) is 5.82 Å². The molecular weight excluding hydrogens is 359 g/mol. The number of piperidine rings is 1. The van der Waals surface area contributed by atoms with Crippen molar-refractivity contribution in [3.8, 4) is 0 Å². The van der Waals surface area contributed by atoms with Crippen molar-refractivity contribution in [3.05, 3.63) is 47.5 Å². The third-order valence-electron chi connectivity index (χ3n) is 5.76. The Morgan fingerprint density at radius 3 is 2.57 bits per heavy atom. The highest BCUT2D eigenvalue weighted by Gasteiger charge is 2.30. The van der Waals surface area contributed by atoms with Crippen LogP contribution in [0.5, 0.6) is 0 Å². The Morgan fingerprint density at radius 1 is 1.18 bits per heavy atom. The molecule has 1 unspecified atom stereocenters. The van der Waals surface area contributed by atoms with Crippen LogP contribution >= 0.6 is 0 Å². The van der Waals surface area contributed by atoms with Crippen LogP contribution in [0.1, 0.15) is 49.5 Å². The molecule has 2 aromatic rings. The van der Waals surface area contributed by atoms with E-state index in [2.05, 4.69) is 20.5 Å². The van der Waals surface area contributed by atoms with E-state index >= 15 is 0 Å². The maximum atomic E-state index is 13.1. The molecular formula is C20H27FN6O. The zero-order chi connectivity index (χ0) is 19.5. The Hall–Kier alpha value is -2.48. The highest BCUT2D eigenvalue weighted by molar-refractivity contribution is 5.74. The van der Waals surface area contributed by atoms with Crippen molar-refractivity contribution >= 4 is 6.03 Å². The number of rotatable bonds is 5. The summed E-state index contributed by atoms with van der Waals surface area (Å²) in [7, 11) is 0. The van der Waals surface area contributed by atoms with Gasteiger partial charge < -0.3 is 10.2 Å². The Bertz CT molecular complexity index is 799. The van der Waals surface area contributed by atoms with Crippen molar-refractivity contribution < 1.29 is 9.18 Å². The largest absolute Gasteiger partial charge is 0.338 e. The van der Waals surface area contributed by atoms with Gasteiger partial charge in [0, 0.05) is 38.8 Å². The molecule has 28 heavy (non-hydrogen) atoms. The summed E-state index contributed by atoms with van der Waals surface area (Å²) in [6.45, 7) is 5.83. The number of amides is 2. The van der Waals surface area contributed by atoms with Crippen LogP contribution in [0.15, 0.2) is 30.5 Å². The molecule has 0 bridgehead atoms. The van der Waals surface area contributed by atoms with Crippen molar-refractivity contribution in [2.45, 2.75) is 44.8 Å². The van der Waals surface area contributed by atoms with Crippen molar-refractivity contribution in [1.29, 1.82) is 0 Å². The molecule has 2 aliphatic heterocycles. The van der Waals surface area contributed by atoms with E-state index in [0.717, 1.165) is 56.7 Å². The molecule has 1 N–H and O–H groups in total. The fraction of sp³-hybridized carbons (Fsp3) is 0.550. The first-order valence-corrected chi connectivity index (χ1v) is 10.1. The predicted molar refractivity (Wildman–Crippen MR) is 103 cm³/mol. The lowest BCUT2D eigenvalue weighted by Crippen LogP contribution is -2.44. The maximum Gasteiger partial charge on any atom is 0.317 e. The van der Waals surface area contributed by atoms with Gasteiger partial charge in [-0.25, -0.2) is 13.9 Å². The van der Waals surface area contributed by atoms with Gasteiger partial charge >= 0.3 is 6.03 Å². The summed E-state index contributed by atoms with van der Waals surface area (Å²) in [5.41, 5.74) is 2.11. The van der Waals surface area contributed by atoms with E-state index in [1.807, 2.05) is 34.8 Å². The third-order valence-corrected chi connectivity index (χ3v) is 5.76. The van der Waals surface area contributed by atoms with Crippen LogP contribution in [0.4, 0.5) is 9.18 Å². The average molecular weight is 386 g/mol. The van der Waals surface area contributed by atoms with Gasteiger partial charge in [0.05, 0.1) is 17.9 Å². The number of hydrogen-bond donors (Lipinski definition) is 1. The van der Waals surface area contributed by atoms with Crippen LogP contribution in [-0.4, -0.2) is 57.0 Å². The van der Waals surface area contributed by atoms with Crippen molar-refractivity contribution in [1.82, 2.24) is 30.1 Å². The normalized spacial score (nSPS) is 20.8. The van der Waals surface area contributed by atoms with E-state index in [0.29, 0.717) is 12.6 Å². The van der Waals surface area contributed by atoms with Crippen molar-refractivity contribution in [2.24, 2.45) is 0 Å². The van der Waals surface area contributed by atoms with Gasteiger partial charge in [0.15, 0.2) is 0 Å². The topological polar surface area (TPSA) is 66.3 Å². The van der Waals surface area contributed by atoms with Crippen molar-refractivity contribution in [3.63, 3.8) is 0 Å². The fourth-order valence-electron chi connectivity index (χ4n) is 4.06. The van der Waals surface area contributed by atoms with E-state index in [1.54, 1.807) is 0 Å². The molecule has 0 radical (unpaired) electrons. The molecule has 2 saturated heterocycles. The smallest absolute Gasteiger partial charge is 0.317 e. The molecule has 8 heteroatoms. The van der Waals surface area contributed by atoms with Gasteiger partial charge in [0.25, 0.3) is 0 Å². The Labute approximate surface area is 164 Å². The molecule has 0 aliphatic carbocycles. The highest BCUT2D eigenvalue weighted by Crippen LogP contribution is 2.34. The van der Waals surface area contributed by atoms with Crippen LogP contribution in [0.25, 0.3) is 0 Å². The highest BCUT2D eigenvalue weighted by atomic mass is 19.1. The van der Waals surface area contributed by atoms with Gasteiger partial charge in [-0.05, 0) is 43.9 Å². The van der Waals surface area contributed by atoms with Crippen LogP contribution in [-0.2, 0) is 6.54 Å². The summed E-state index contributed by atoms with van der Waals surface area (Å²) >= 11 is 0. The maximum absolute atomic E-state index is 13.1. The molecule has 7 nitrogen and oxygen atoms in total. The number of halogens is 1. The first-order valence-electron chi connectivity index (χ1n) is 10.1. The summed E-state index contributed by atoms with van der Waals surface area (Å²) in [6, 6.07) is 7.41. The number of urea groups is 1. The summed E-state index contributed by atoms with van der Waals surface area (Å²) in [6.07, 6.45) is 4.90. The van der Waals surface area contributed by atoms with E-state index in [-0.39, 0.29) is 17.9 Å². The number of carbonyl (C=O) groups is 1. The Balaban J connectivity index is 1.31. The molecule has 2 aliphatic rings. The molecule has 1 aromatic carbocycles. The monoisotopic (exact) mass is 386 g/mol. The predicted octanol–water partition coefficient (Wildman–Crippen LogP) is 2.73. The lowest BCUT2D eigenvalue weighted by atomic mass is 9.94. The van der Waals surface area contributed by atoms with Gasteiger partial charge in [-0.15, -0.1) is 5.10 Å². The van der Waals surface area contributed by atoms with E-state index in [9.17, 15) is 9.18 Å². The Morgan fingerprint density at radius 2 is 1.93 bits per heavy atom. The summed E-state index contributed by atoms with van der Waals surface area (Å²) < 4.78 is 15.1. The minimum absolute atomic E-state index is 0.0184. The molecule has 150 valence electrons.